The third-order valence-electron chi connectivity index (χ3n) is 1.10. The summed E-state index contributed by atoms with van der Waals surface area (Å²) in [5.74, 6) is 5.15. The zero-order valence-corrected chi connectivity index (χ0v) is 6.58. The molecule has 0 aliphatic rings. The first-order valence-electron chi connectivity index (χ1n) is 2.93. The van der Waals surface area contributed by atoms with E-state index in [1.807, 2.05) is 6.08 Å². The maximum atomic E-state index is 5.15. The molecule has 0 aromatic heterocycles. The topological polar surface area (TPSA) is 38.0 Å². The molecule has 0 bridgehead atoms. The minimum absolute atomic E-state index is 0. The van der Waals surface area contributed by atoms with Gasteiger partial charge in [-0.2, -0.15) is 0 Å². The predicted molar refractivity (Wildman–Crippen MR) is 43.5 cm³/mol. The summed E-state index contributed by atoms with van der Waals surface area (Å²) in [6.07, 6.45) is 4.03. The van der Waals surface area contributed by atoms with Gasteiger partial charge in [0.15, 0.2) is 0 Å². The van der Waals surface area contributed by atoms with Crippen molar-refractivity contribution >= 4 is 12.4 Å². The van der Waals surface area contributed by atoms with Crippen LogP contribution in [0.25, 0.3) is 0 Å². The molecule has 0 radical (unpaired) electrons. The first-order chi connectivity index (χ1) is 3.85. The van der Waals surface area contributed by atoms with Crippen LogP contribution in [0.2, 0.25) is 0 Å². The highest BCUT2D eigenvalue weighted by molar-refractivity contribution is 5.85. The van der Waals surface area contributed by atoms with Crippen molar-refractivity contribution in [1.29, 1.82) is 0 Å². The minimum atomic E-state index is 0. The van der Waals surface area contributed by atoms with Gasteiger partial charge in [-0.25, -0.2) is 0 Å². The van der Waals surface area contributed by atoms with Crippen LogP contribution in [0, 0.1) is 0 Å². The van der Waals surface area contributed by atoms with Gasteiger partial charge in [0, 0.05) is 6.04 Å². The summed E-state index contributed by atoms with van der Waals surface area (Å²) in [7, 11) is 0. The zero-order chi connectivity index (χ0) is 6.41. The van der Waals surface area contributed by atoms with Crippen molar-refractivity contribution in [2.45, 2.75) is 25.8 Å². The Morgan fingerprint density at radius 1 is 1.78 bits per heavy atom. The molecule has 56 valence electrons. The van der Waals surface area contributed by atoms with Crippen molar-refractivity contribution < 1.29 is 0 Å². The van der Waals surface area contributed by atoms with Crippen LogP contribution < -0.4 is 11.3 Å². The van der Waals surface area contributed by atoms with E-state index in [4.69, 9.17) is 5.84 Å². The SMILES string of the molecule is C=CC(CCC)NN.Cl. The molecule has 9 heavy (non-hydrogen) atoms. The maximum absolute atomic E-state index is 5.15. The summed E-state index contributed by atoms with van der Waals surface area (Å²) in [6.45, 7) is 5.73. The van der Waals surface area contributed by atoms with Crippen LogP contribution in [0.1, 0.15) is 19.8 Å². The number of hydrazine groups is 1. The average Bonchev–Trinajstić information content (AvgIpc) is 1.83. The lowest BCUT2D eigenvalue weighted by molar-refractivity contribution is 0.570. The zero-order valence-electron chi connectivity index (χ0n) is 5.76. The average molecular weight is 151 g/mol. The Bertz CT molecular complexity index is 66.1. The molecule has 2 nitrogen and oxygen atoms in total. The molecule has 0 aliphatic heterocycles. The van der Waals surface area contributed by atoms with Gasteiger partial charge in [0.2, 0.25) is 0 Å². The second-order valence-corrected chi connectivity index (χ2v) is 1.80. The lowest BCUT2D eigenvalue weighted by Crippen LogP contribution is -2.32. The molecule has 0 amide bonds. The number of hydrogen-bond donors (Lipinski definition) is 2. The van der Waals surface area contributed by atoms with E-state index < -0.39 is 0 Å². The standard InChI is InChI=1S/C6H14N2.ClH/c1-3-5-6(4-2)8-7;/h4,6,8H,2-3,5,7H2,1H3;1H. The fourth-order valence-electron chi connectivity index (χ4n) is 0.580. The summed E-state index contributed by atoms with van der Waals surface area (Å²) >= 11 is 0. The van der Waals surface area contributed by atoms with Gasteiger partial charge >= 0.3 is 0 Å². The molecule has 0 aliphatic carbocycles. The Labute approximate surface area is 62.9 Å². The fourth-order valence-corrected chi connectivity index (χ4v) is 0.580. The molecular weight excluding hydrogens is 136 g/mol. The Balaban J connectivity index is 0. The molecular formula is C6H15ClN2. The van der Waals surface area contributed by atoms with Crippen molar-refractivity contribution in [3.63, 3.8) is 0 Å². The lowest BCUT2D eigenvalue weighted by Gasteiger charge is -2.06. The van der Waals surface area contributed by atoms with E-state index in [1.54, 1.807) is 0 Å². The number of nitrogens with two attached hydrogens (primary N) is 1. The normalized spacial score (nSPS) is 11.8. The highest BCUT2D eigenvalue weighted by Crippen LogP contribution is 1.93. The van der Waals surface area contributed by atoms with Crippen LogP contribution in [0.15, 0.2) is 12.7 Å². The van der Waals surface area contributed by atoms with E-state index in [9.17, 15) is 0 Å². The molecule has 3 N–H and O–H groups in total. The summed E-state index contributed by atoms with van der Waals surface area (Å²) in [4.78, 5) is 0. The number of nitrogens with one attached hydrogen (secondary N) is 1. The molecule has 0 aromatic rings. The Hall–Kier alpha value is -0.0500. The number of rotatable bonds is 4. The highest BCUT2D eigenvalue weighted by Gasteiger charge is 1.95. The second kappa shape index (κ2) is 7.95. The van der Waals surface area contributed by atoms with Crippen LogP contribution in [0.3, 0.4) is 0 Å². The fraction of sp³-hybridized carbons (Fsp3) is 0.667. The largest absolute Gasteiger partial charge is 0.271 e. The molecule has 0 spiro atoms. The van der Waals surface area contributed by atoms with Crippen LogP contribution >= 0.6 is 12.4 Å². The van der Waals surface area contributed by atoms with E-state index in [0.717, 1.165) is 12.8 Å². The van der Waals surface area contributed by atoms with Gasteiger partial charge in [0.1, 0.15) is 0 Å². The van der Waals surface area contributed by atoms with Crippen molar-refractivity contribution in [2.75, 3.05) is 0 Å². The second-order valence-electron chi connectivity index (χ2n) is 1.80. The van der Waals surface area contributed by atoms with E-state index in [2.05, 4.69) is 18.9 Å². The highest BCUT2D eigenvalue weighted by atomic mass is 35.5. The molecule has 0 aromatic carbocycles. The molecule has 0 saturated heterocycles. The Morgan fingerprint density at radius 3 is 2.44 bits per heavy atom. The van der Waals surface area contributed by atoms with E-state index in [-0.39, 0.29) is 12.4 Å². The molecule has 0 rings (SSSR count). The third-order valence-corrected chi connectivity index (χ3v) is 1.10. The van der Waals surface area contributed by atoms with Crippen molar-refractivity contribution in [3.8, 4) is 0 Å². The Kier molecular flexibility index (Phi) is 10.3. The molecule has 0 heterocycles. The van der Waals surface area contributed by atoms with Gasteiger partial charge in [0.25, 0.3) is 0 Å². The number of halogens is 1. The quantitative estimate of drug-likeness (QED) is 0.360. The van der Waals surface area contributed by atoms with E-state index >= 15 is 0 Å². The summed E-state index contributed by atoms with van der Waals surface area (Å²) in [5, 5.41) is 0. The molecule has 0 fully saturated rings. The van der Waals surface area contributed by atoms with Gasteiger partial charge in [-0.05, 0) is 6.42 Å². The van der Waals surface area contributed by atoms with Crippen molar-refractivity contribution in [1.82, 2.24) is 5.43 Å². The van der Waals surface area contributed by atoms with Gasteiger partial charge < -0.3 is 0 Å². The third kappa shape index (κ3) is 5.83. The monoisotopic (exact) mass is 150 g/mol. The molecule has 1 atom stereocenters. The van der Waals surface area contributed by atoms with Crippen LogP contribution in [-0.2, 0) is 0 Å². The summed E-state index contributed by atoms with van der Waals surface area (Å²) < 4.78 is 0. The van der Waals surface area contributed by atoms with Crippen LogP contribution in [-0.4, -0.2) is 6.04 Å². The van der Waals surface area contributed by atoms with Gasteiger partial charge in [-0.1, -0.05) is 19.4 Å². The van der Waals surface area contributed by atoms with Gasteiger partial charge in [-0.3, -0.25) is 11.3 Å². The lowest BCUT2D eigenvalue weighted by atomic mass is 10.2. The molecule has 0 saturated carbocycles. The van der Waals surface area contributed by atoms with Crippen LogP contribution in [0.4, 0.5) is 0 Å². The Morgan fingerprint density at radius 2 is 2.33 bits per heavy atom. The van der Waals surface area contributed by atoms with E-state index in [0.29, 0.717) is 6.04 Å². The van der Waals surface area contributed by atoms with Gasteiger partial charge in [0.05, 0.1) is 0 Å². The van der Waals surface area contributed by atoms with Crippen molar-refractivity contribution in [3.05, 3.63) is 12.7 Å². The minimum Gasteiger partial charge on any atom is -0.271 e. The van der Waals surface area contributed by atoms with Crippen LogP contribution in [0.5, 0.6) is 0 Å². The smallest absolute Gasteiger partial charge is 0.0387 e. The number of hydrogen-bond acceptors (Lipinski definition) is 2. The predicted octanol–water partition coefficient (Wildman–Crippen LogP) is 1.23. The van der Waals surface area contributed by atoms with Crippen molar-refractivity contribution in [2.24, 2.45) is 5.84 Å². The first-order valence-corrected chi connectivity index (χ1v) is 2.93. The molecule has 3 heteroatoms. The maximum Gasteiger partial charge on any atom is 0.0387 e. The summed E-state index contributed by atoms with van der Waals surface area (Å²) in [5.41, 5.74) is 2.63. The first kappa shape index (κ1) is 11.7. The summed E-state index contributed by atoms with van der Waals surface area (Å²) in [6, 6.07) is 0.292. The van der Waals surface area contributed by atoms with E-state index in [1.165, 1.54) is 0 Å². The molecule has 1 unspecified atom stereocenters. The van der Waals surface area contributed by atoms with Gasteiger partial charge in [-0.15, -0.1) is 19.0 Å².